The van der Waals surface area contributed by atoms with Gasteiger partial charge in [0.15, 0.2) is 0 Å². The molecule has 0 unspecified atom stereocenters. The van der Waals surface area contributed by atoms with E-state index in [1.165, 1.54) is 36.4 Å². The predicted molar refractivity (Wildman–Crippen MR) is 157 cm³/mol. The van der Waals surface area contributed by atoms with Gasteiger partial charge in [0.2, 0.25) is 5.60 Å². The molecular formula is C34H33O9Ti. The van der Waals surface area contributed by atoms with Gasteiger partial charge in [-0.3, -0.25) is 0 Å². The van der Waals surface area contributed by atoms with Gasteiger partial charge >= 0.3 is 44.4 Å². The van der Waals surface area contributed by atoms with E-state index in [4.69, 9.17) is 7.01 Å². The monoisotopic (exact) mass is 633 g/mol. The van der Waals surface area contributed by atoms with Crippen molar-refractivity contribution in [2.24, 2.45) is 0 Å². The molecule has 0 aliphatic carbocycles. The van der Waals surface area contributed by atoms with E-state index in [1.54, 1.807) is 76.2 Å². The Hall–Kier alpha value is -4.28. The summed E-state index contributed by atoms with van der Waals surface area (Å²) in [5, 5.41) is 43.7. The summed E-state index contributed by atoms with van der Waals surface area (Å²) in [6, 6.07) is 26.3. The molecule has 10 heteroatoms. The van der Waals surface area contributed by atoms with Crippen LogP contribution in [0, 0.1) is 0 Å². The first-order valence-corrected chi connectivity index (χ1v) is 14.8. The molecule has 0 atom stereocenters. The summed E-state index contributed by atoms with van der Waals surface area (Å²) in [6.07, 6.45) is 0. The van der Waals surface area contributed by atoms with Crippen molar-refractivity contribution >= 4 is 17.9 Å². The summed E-state index contributed by atoms with van der Waals surface area (Å²) in [5.41, 5.74) is -4.02. The molecular weight excluding hydrogens is 600 g/mol. The molecule has 5 N–H and O–H groups in total. The van der Waals surface area contributed by atoms with Crippen molar-refractivity contribution in [1.82, 2.24) is 0 Å². The van der Waals surface area contributed by atoms with Gasteiger partial charge in [0.1, 0.15) is 0 Å². The fraction of sp³-hybridized carbons (Fsp3) is 0.206. The van der Waals surface area contributed by atoms with Crippen LogP contribution in [-0.2, 0) is 44.1 Å². The Morgan fingerprint density at radius 2 is 0.886 bits per heavy atom. The van der Waals surface area contributed by atoms with E-state index < -0.39 is 53.8 Å². The molecule has 0 radical (unpaired) electrons. The number of hydrogen-bond acceptors (Lipinski definition) is 5. The van der Waals surface area contributed by atoms with E-state index in [0.29, 0.717) is 11.1 Å². The number of aliphatic hydroxyl groups is 1. The molecule has 0 saturated carbocycles. The standard InChI is InChI=1S/C34H32O7.H2O.O.Ti/c1-32(2,21-13-7-5-8-14-21)27-23(29(35)36)17-11-19-25(27)34(41,31(39)40)26-20-12-18-24(30(37)38)28(26)33(3,4)22-15-9-6-10-16-22;;;/h5-20,41H,1-4H3,(H,35,36)(H,37,38)(H,39,40);1H2;;/q;;;+1/p-1. The molecule has 0 aliphatic rings. The van der Waals surface area contributed by atoms with Crippen LogP contribution in [0.4, 0.5) is 0 Å². The third-order valence-corrected chi connectivity index (χ3v) is 7.92. The van der Waals surface area contributed by atoms with Crippen LogP contribution in [0.25, 0.3) is 0 Å². The summed E-state index contributed by atoms with van der Waals surface area (Å²) in [5.74, 6) is -4.25. The van der Waals surface area contributed by atoms with E-state index in [1.807, 2.05) is 12.1 Å². The minimum absolute atomic E-state index is 0.104. The molecule has 0 aromatic heterocycles. The van der Waals surface area contributed by atoms with Gasteiger partial charge in [-0.2, -0.15) is 0 Å². The molecule has 0 saturated heterocycles. The number of hydrogen-bond donors (Lipinski definition) is 5. The van der Waals surface area contributed by atoms with Crippen molar-refractivity contribution in [1.29, 1.82) is 0 Å². The summed E-state index contributed by atoms with van der Waals surface area (Å²) >= 11 is -1.75. The first kappa shape index (κ1) is 34.2. The van der Waals surface area contributed by atoms with Crippen molar-refractivity contribution in [3.63, 3.8) is 0 Å². The van der Waals surface area contributed by atoms with Gasteiger partial charge in [-0.1, -0.05) is 113 Å². The molecule has 0 heterocycles. The second kappa shape index (κ2) is 13.6. The molecule has 0 aliphatic heterocycles. The zero-order valence-electron chi connectivity index (χ0n) is 24.6. The molecule has 44 heavy (non-hydrogen) atoms. The normalized spacial score (nSPS) is 11.5. The van der Waals surface area contributed by atoms with Gasteiger partial charge in [0.25, 0.3) is 0 Å². The van der Waals surface area contributed by atoms with Crippen LogP contribution in [0.15, 0.2) is 97.1 Å². The number of carbonyl (C=O) groups is 3. The molecule has 4 aromatic rings. The Morgan fingerprint density at radius 1 is 0.568 bits per heavy atom. The summed E-state index contributed by atoms with van der Waals surface area (Å²) < 4.78 is 15.8. The number of carboxylic acids is 3. The molecule has 9 nitrogen and oxygen atoms in total. The fourth-order valence-corrected chi connectivity index (χ4v) is 5.78. The zero-order chi connectivity index (χ0) is 32.9. The molecule has 0 bridgehead atoms. The molecule has 0 fully saturated rings. The molecule has 4 rings (SSSR count). The van der Waals surface area contributed by atoms with Crippen molar-refractivity contribution in [3.05, 3.63) is 142 Å². The van der Waals surface area contributed by atoms with Crippen LogP contribution in [0.2, 0.25) is 0 Å². The average molecular weight is 633 g/mol. The first-order chi connectivity index (χ1) is 20.7. The quantitative estimate of drug-likeness (QED) is 0.152. The second-order valence-electron chi connectivity index (χ2n) is 11.2. The molecule has 4 aromatic carbocycles. The van der Waals surface area contributed by atoms with E-state index in [0.717, 1.165) is 0 Å². The van der Waals surface area contributed by atoms with Gasteiger partial charge < -0.3 is 20.4 Å². The van der Waals surface area contributed by atoms with Crippen LogP contribution in [0.1, 0.15) is 81.8 Å². The van der Waals surface area contributed by atoms with Crippen molar-refractivity contribution in [2.75, 3.05) is 0 Å². The maximum atomic E-state index is 13.3. The van der Waals surface area contributed by atoms with Crippen molar-refractivity contribution in [2.45, 2.75) is 44.1 Å². The van der Waals surface area contributed by atoms with Gasteiger partial charge in [-0.15, -0.1) is 0 Å². The van der Waals surface area contributed by atoms with Crippen LogP contribution in [0.5, 0.6) is 0 Å². The van der Waals surface area contributed by atoms with Crippen LogP contribution in [-0.4, -0.2) is 42.0 Å². The minimum atomic E-state index is -2.82. The average Bonchev–Trinajstić information content (AvgIpc) is 3.01. The third-order valence-electron chi connectivity index (χ3n) is 7.92. The summed E-state index contributed by atoms with van der Waals surface area (Å²) in [6.45, 7) is 7.05. The van der Waals surface area contributed by atoms with E-state index >= 15 is 0 Å². The number of benzene rings is 4. The summed E-state index contributed by atoms with van der Waals surface area (Å²) in [4.78, 5) is 38.3. The Morgan fingerprint density at radius 3 is 1.16 bits per heavy atom. The molecule has 0 amide bonds. The maximum absolute atomic E-state index is 13.3. The zero-order valence-corrected chi connectivity index (χ0v) is 26.2. The van der Waals surface area contributed by atoms with Crippen molar-refractivity contribution in [3.8, 4) is 0 Å². The Labute approximate surface area is 264 Å². The predicted octanol–water partition coefficient (Wildman–Crippen LogP) is 5.38. The molecule has 0 spiro atoms. The number of carboxylic acid groups (broad SMARTS) is 3. The van der Waals surface area contributed by atoms with Crippen LogP contribution >= 0.6 is 0 Å². The number of aliphatic carboxylic acids is 1. The van der Waals surface area contributed by atoms with Crippen LogP contribution < -0.4 is 0 Å². The van der Waals surface area contributed by atoms with Crippen molar-refractivity contribution < 1.29 is 61.3 Å². The Balaban J connectivity index is 0.00000169. The SMILES string of the molecule is CC(C)(c1ccccc1)c1c(C(=O)O)cccc1C(O)(C(=O)O)c1cccc(C(=O)O)c1C(C)(C)c1ccccc1.[O]=[Ti][OH]. The topological polar surface area (TPSA) is 169 Å². The van der Waals surface area contributed by atoms with E-state index in [-0.39, 0.29) is 33.4 Å². The van der Waals surface area contributed by atoms with Gasteiger partial charge in [0, 0.05) is 22.0 Å². The third kappa shape index (κ3) is 6.32. The Bertz CT molecular complexity index is 1570. The number of rotatable bonds is 9. The number of aromatic carboxylic acids is 2. The Kier molecular flexibility index (Phi) is 10.6. The second-order valence-corrected chi connectivity index (χ2v) is 11.4. The van der Waals surface area contributed by atoms with Gasteiger partial charge in [-0.25, -0.2) is 14.4 Å². The van der Waals surface area contributed by atoms with Crippen LogP contribution in [0.3, 0.4) is 0 Å². The summed E-state index contributed by atoms with van der Waals surface area (Å²) in [7, 11) is 0. The van der Waals surface area contributed by atoms with E-state index in [2.05, 4.69) is 0 Å². The fourth-order valence-electron chi connectivity index (χ4n) is 5.78. The molecule has 227 valence electrons. The van der Waals surface area contributed by atoms with Gasteiger partial charge in [-0.05, 0) is 34.4 Å². The van der Waals surface area contributed by atoms with Gasteiger partial charge in [0.05, 0.1) is 11.1 Å². The van der Waals surface area contributed by atoms with E-state index in [9.17, 15) is 34.8 Å². The first-order valence-electron chi connectivity index (χ1n) is 13.5.